The molecule has 0 spiro atoms. The zero-order chi connectivity index (χ0) is 9.78. The van der Waals surface area contributed by atoms with Crippen LogP contribution in [0.1, 0.15) is 34.1 Å². The van der Waals surface area contributed by atoms with E-state index in [9.17, 15) is 4.79 Å². The summed E-state index contributed by atoms with van der Waals surface area (Å²) >= 11 is 0. The highest BCUT2D eigenvalue weighted by Crippen LogP contribution is 2.18. The molecule has 3 heteroatoms. The third kappa shape index (κ3) is 3.72. The Kier molecular flexibility index (Phi) is 4.24. The molecule has 0 aliphatic rings. The molecule has 0 aliphatic carbocycles. The second kappa shape index (κ2) is 4.45. The Labute approximate surface area is 74.3 Å². The summed E-state index contributed by atoms with van der Waals surface area (Å²) in [6.45, 7) is 8.18. The Bertz CT molecular complexity index is 149. The van der Waals surface area contributed by atoms with Crippen LogP contribution in [-0.2, 0) is 9.53 Å². The third-order valence-corrected chi connectivity index (χ3v) is 1.64. The van der Waals surface area contributed by atoms with Gasteiger partial charge in [0.1, 0.15) is 6.04 Å². The molecule has 0 rings (SSSR count). The molecule has 0 saturated heterocycles. The molecular weight excluding hydrogens is 154 g/mol. The molecule has 0 aromatic carbocycles. The van der Waals surface area contributed by atoms with E-state index in [0.717, 1.165) is 6.42 Å². The predicted molar refractivity (Wildman–Crippen MR) is 48.7 cm³/mol. The van der Waals surface area contributed by atoms with Crippen molar-refractivity contribution in [1.29, 1.82) is 0 Å². The minimum atomic E-state index is -0.524. The van der Waals surface area contributed by atoms with Crippen LogP contribution in [0.5, 0.6) is 0 Å². The van der Waals surface area contributed by atoms with E-state index in [-0.39, 0.29) is 11.4 Å². The topological polar surface area (TPSA) is 52.3 Å². The molecule has 2 N–H and O–H groups in total. The molecule has 0 aromatic rings. The van der Waals surface area contributed by atoms with E-state index < -0.39 is 6.04 Å². The number of ether oxygens (including phenoxy) is 1. The number of esters is 1. The summed E-state index contributed by atoms with van der Waals surface area (Å²) < 4.78 is 4.92. The molecule has 0 radical (unpaired) electrons. The lowest BCUT2D eigenvalue weighted by Crippen LogP contribution is -2.43. The second-order valence-electron chi connectivity index (χ2n) is 4.01. The van der Waals surface area contributed by atoms with Crippen LogP contribution in [0.2, 0.25) is 0 Å². The Balaban J connectivity index is 3.94. The van der Waals surface area contributed by atoms with Crippen molar-refractivity contribution in [3.63, 3.8) is 0 Å². The molecule has 0 fully saturated rings. The molecule has 0 bridgehead atoms. The van der Waals surface area contributed by atoms with Crippen molar-refractivity contribution in [1.82, 2.24) is 0 Å². The highest BCUT2D eigenvalue weighted by Gasteiger charge is 2.28. The van der Waals surface area contributed by atoms with Crippen molar-refractivity contribution in [2.45, 2.75) is 40.2 Å². The van der Waals surface area contributed by atoms with Gasteiger partial charge in [-0.3, -0.25) is 4.79 Å². The van der Waals surface area contributed by atoms with Crippen LogP contribution >= 0.6 is 0 Å². The van der Waals surface area contributed by atoms with Gasteiger partial charge < -0.3 is 10.5 Å². The molecule has 72 valence electrons. The maximum absolute atomic E-state index is 11.2. The van der Waals surface area contributed by atoms with Gasteiger partial charge in [-0.05, 0) is 11.8 Å². The maximum Gasteiger partial charge on any atom is 0.323 e. The average molecular weight is 173 g/mol. The van der Waals surface area contributed by atoms with Gasteiger partial charge in [-0.2, -0.15) is 0 Å². The van der Waals surface area contributed by atoms with Crippen LogP contribution in [0.25, 0.3) is 0 Å². The maximum atomic E-state index is 11.2. The molecule has 0 heterocycles. The first-order chi connectivity index (χ1) is 5.39. The highest BCUT2D eigenvalue weighted by molar-refractivity contribution is 5.76. The molecule has 3 nitrogen and oxygen atoms in total. The van der Waals surface area contributed by atoms with Crippen molar-refractivity contribution < 1.29 is 9.53 Å². The van der Waals surface area contributed by atoms with Crippen LogP contribution < -0.4 is 5.73 Å². The van der Waals surface area contributed by atoms with Gasteiger partial charge in [-0.1, -0.05) is 27.7 Å². The van der Waals surface area contributed by atoms with E-state index in [0.29, 0.717) is 6.61 Å². The summed E-state index contributed by atoms with van der Waals surface area (Å²) in [4.78, 5) is 11.2. The number of nitrogens with two attached hydrogens (primary N) is 1. The zero-order valence-corrected chi connectivity index (χ0v) is 8.39. The van der Waals surface area contributed by atoms with E-state index in [1.54, 1.807) is 0 Å². The van der Waals surface area contributed by atoms with Crippen molar-refractivity contribution in [3.8, 4) is 0 Å². The van der Waals surface area contributed by atoms with Crippen LogP contribution in [0.4, 0.5) is 0 Å². The predicted octanol–water partition coefficient (Wildman–Crippen LogP) is 1.31. The fourth-order valence-electron chi connectivity index (χ4n) is 0.646. The van der Waals surface area contributed by atoms with Crippen LogP contribution in [0.15, 0.2) is 0 Å². The SMILES string of the molecule is CCCOC(=O)C(N)C(C)(C)C. The first kappa shape index (κ1) is 11.4. The molecular formula is C9H19NO2. The summed E-state index contributed by atoms with van der Waals surface area (Å²) in [6.07, 6.45) is 0.836. The lowest BCUT2D eigenvalue weighted by Gasteiger charge is -2.24. The molecule has 12 heavy (non-hydrogen) atoms. The number of carbonyl (C=O) groups excluding carboxylic acids is 1. The van der Waals surface area contributed by atoms with Gasteiger partial charge in [0.25, 0.3) is 0 Å². The van der Waals surface area contributed by atoms with Gasteiger partial charge in [-0.15, -0.1) is 0 Å². The Morgan fingerprint density at radius 1 is 1.50 bits per heavy atom. The van der Waals surface area contributed by atoms with Crippen LogP contribution in [0, 0.1) is 5.41 Å². The molecule has 0 saturated carbocycles. The Hall–Kier alpha value is -0.570. The quantitative estimate of drug-likeness (QED) is 0.655. The normalized spacial score (nSPS) is 14.1. The van der Waals surface area contributed by atoms with E-state index in [1.165, 1.54) is 0 Å². The summed E-state index contributed by atoms with van der Waals surface area (Å²) in [7, 11) is 0. The van der Waals surface area contributed by atoms with E-state index >= 15 is 0 Å². The molecule has 0 amide bonds. The van der Waals surface area contributed by atoms with Gasteiger partial charge in [-0.25, -0.2) is 0 Å². The van der Waals surface area contributed by atoms with Crippen molar-refractivity contribution in [2.24, 2.45) is 11.1 Å². The highest BCUT2D eigenvalue weighted by atomic mass is 16.5. The number of rotatable bonds is 3. The van der Waals surface area contributed by atoms with Gasteiger partial charge in [0.2, 0.25) is 0 Å². The van der Waals surface area contributed by atoms with Gasteiger partial charge >= 0.3 is 5.97 Å². The smallest absolute Gasteiger partial charge is 0.323 e. The van der Waals surface area contributed by atoms with Crippen molar-refractivity contribution in [2.75, 3.05) is 6.61 Å². The molecule has 1 atom stereocenters. The lowest BCUT2D eigenvalue weighted by molar-refractivity contribution is -0.147. The van der Waals surface area contributed by atoms with Crippen LogP contribution in [0.3, 0.4) is 0 Å². The number of hydrogen-bond donors (Lipinski definition) is 1. The van der Waals surface area contributed by atoms with Gasteiger partial charge in [0, 0.05) is 0 Å². The number of hydrogen-bond acceptors (Lipinski definition) is 3. The third-order valence-electron chi connectivity index (χ3n) is 1.64. The van der Waals surface area contributed by atoms with E-state index in [4.69, 9.17) is 10.5 Å². The Morgan fingerprint density at radius 2 is 2.00 bits per heavy atom. The molecule has 1 unspecified atom stereocenters. The fraction of sp³-hybridized carbons (Fsp3) is 0.889. The molecule has 0 aromatic heterocycles. The van der Waals surface area contributed by atoms with E-state index in [2.05, 4.69) is 0 Å². The minimum absolute atomic E-state index is 0.217. The first-order valence-corrected chi connectivity index (χ1v) is 4.31. The van der Waals surface area contributed by atoms with Gasteiger partial charge in [0.05, 0.1) is 6.61 Å². The second-order valence-corrected chi connectivity index (χ2v) is 4.01. The van der Waals surface area contributed by atoms with Gasteiger partial charge in [0.15, 0.2) is 0 Å². The Morgan fingerprint density at radius 3 is 2.33 bits per heavy atom. The van der Waals surface area contributed by atoms with Crippen molar-refractivity contribution in [3.05, 3.63) is 0 Å². The summed E-state index contributed by atoms with van der Waals surface area (Å²) in [5.41, 5.74) is 5.44. The summed E-state index contributed by atoms with van der Waals surface area (Å²) in [6, 6.07) is -0.524. The van der Waals surface area contributed by atoms with E-state index in [1.807, 2.05) is 27.7 Å². The summed E-state index contributed by atoms with van der Waals surface area (Å²) in [5, 5.41) is 0. The lowest BCUT2D eigenvalue weighted by atomic mass is 9.87. The van der Waals surface area contributed by atoms with Crippen LogP contribution in [-0.4, -0.2) is 18.6 Å². The largest absolute Gasteiger partial charge is 0.465 e. The monoisotopic (exact) mass is 173 g/mol. The van der Waals surface area contributed by atoms with Crippen molar-refractivity contribution >= 4 is 5.97 Å². The standard InChI is InChI=1S/C9H19NO2/c1-5-6-12-8(11)7(10)9(2,3)4/h7H,5-6,10H2,1-4H3. The fourth-order valence-corrected chi connectivity index (χ4v) is 0.646. The summed E-state index contributed by atoms with van der Waals surface area (Å²) in [5.74, 6) is -0.302. The average Bonchev–Trinajstić information content (AvgIpc) is 1.97. The number of carbonyl (C=O) groups is 1. The first-order valence-electron chi connectivity index (χ1n) is 4.31. The molecule has 0 aliphatic heterocycles. The minimum Gasteiger partial charge on any atom is -0.465 e. The zero-order valence-electron chi connectivity index (χ0n) is 8.39.